The zero-order chi connectivity index (χ0) is 22.8. The first-order valence-corrected chi connectivity index (χ1v) is 11.2. The van der Waals surface area contributed by atoms with E-state index in [1.165, 1.54) is 4.90 Å². The van der Waals surface area contributed by atoms with E-state index in [0.29, 0.717) is 29.3 Å². The molecule has 3 aliphatic heterocycles. The normalized spacial score (nSPS) is 18.4. The molecule has 5 rings (SSSR count). The standard InChI is InChI=1S/C25H27N3O5/c1-17-3-5-18(6-4-17)22-23(26-19-7-8-20-21(15-19)33-16-32-20)25(30)28(24(22)29)10-2-9-27-11-13-31-14-12-27/h3-8,15,26H,2,9-14,16H2,1H3. The second kappa shape index (κ2) is 9.25. The van der Waals surface area contributed by atoms with Gasteiger partial charge in [-0.25, -0.2) is 0 Å². The maximum atomic E-state index is 13.4. The van der Waals surface area contributed by atoms with Crippen molar-refractivity contribution in [3.05, 3.63) is 59.3 Å². The van der Waals surface area contributed by atoms with Gasteiger partial charge in [-0.15, -0.1) is 0 Å². The first-order chi connectivity index (χ1) is 16.1. The van der Waals surface area contributed by atoms with Crippen LogP contribution in [0.2, 0.25) is 0 Å². The van der Waals surface area contributed by atoms with Crippen LogP contribution in [0.1, 0.15) is 17.5 Å². The molecule has 3 heterocycles. The minimum atomic E-state index is -0.310. The van der Waals surface area contributed by atoms with Crippen molar-refractivity contribution < 1.29 is 23.8 Å². The van der Waals surface area contributed by atoms with E-state index in [2.05, 4.69) is 10.2 Å². The van der Waals surface area contributed by atoms with Gasteiger partial charge in [0.2, 0.25) is 6.79 Å². The van der Waals surface area contributed by atoms with Crippen LogP contribution in [-0.4, -0.2) is 67.8 Å². The summed E-state index contributed by atoms with van der Waals surface area (Å²) in [6, 6.07) is 13.0. The Balaban J connectivity index is 1.38. The van der Waals surface area contributed by atoms with Gasteiger partial charge >= 0.3 is 0 Å². The van der Waals surface area contributed by atoms with Crippen LogP contribution in [0.25, 0.3) is 5.57 Å². The Hall–Kier alpha value is -3.36. The molecular formula is C25H27N3O5. The van der Waals surface area contributed by atoms with E-state index in [1.54, 1.807) is 12.1 Å². The summed E-state index contributed by atoms with van der Waals surface area (Å²) in [6.45, 7) is 6.57. The molecule has 33 heavy (non-hydrogen) atoms. The van der Waals surface area contributed by atoms with Crippen molar-refractivity contribution >= 4 is 23.1 Å². The minimum absolute atomic E-state index is 0.171. The van der Waals surface area contributed by atoms with Gasteiger partial charge in [0.1, 0.15) is 5.70 Å². The summed E-state index contributed by atoms with van der Waals surface area (Å²) in [5.74, 6) is 0.688. The molecule has 0 radical (unpaired) electrons. The second-order valence-electron chi connectivity index (χ2n) is 8.38. The number of aryl methyl sites for hydroxylation is 1. The maximum Gasteiger partial charge on any atom is 0.278 e. The molecule has 0 saturated carbocycles. The Bertz CT molecular complexity index is 1090. The fourth-order valence-electron chi connectivity index (χ4n) is 4.28. The Morgan fingerprint density at radius 3 is 2.45 bits per heavy atom. The van der Waals surface area contributed by atoms with Gasteiger partial charge in [0, 0.05) is 37.9 Å². The number of rotatable bonds is 7. The molecule has 8 nitrogen and oxygen atoms in total. The van der Waals surface area contributed by atoms with Crippen molar-refractivity contribution in [2.75, 3.05) is 51.5 Å². The Morgan fingerprint density at radius 1 is 0.909 bits per heavy atom. The van der Waals surface area contributed by atoms with Gasteiger partial charge < -0.3 is 19.5 Å². The zero-order valence-electron chi connectivity index (χ0n) is 18.6. The van der Waals surface area contributed by atoms with Gasteiger partial charge in [-0.1, -0.05) is 29.8 Å². The molecule has 0 atom stereocenters. The monoisotopic (exact) mass is 449 g/mol. The summed E-state index contributed by atoms with van der Waals surface area (Å²) in [5, 5.41) is 3.19. The highest BCUT2D eigenvalue weighted by Crippen LogP contribution is 2.36. The molecule has 1 N–H and O–H groups in total. The number of nitrogens with zero attached hydrogens (tertiary/aromatic N) is 2. The molecule has 0 bridgehead atoms. The van der Waals surface area contributed by atoms with Crippen LogP contribution in [0.4, 0.5) is 5.69 Å². The highest BCUT2D eigenvalue weighted by Gasteiger charge is 2.39. The average Bonchev–Trinajstić information content (AvgIpc) is 3.38. The molecular weight excluding hydrogens is 422 g/mol. The number of anilines is 1. The van der Waals surface area contributed by atoms with Gasteiger partial charge in [0.05, 0.1) is 18.8 Å². The molecule has 3 aliphatic rings. The first kappa shape index (κ1) is 21.5. The third kappa shape index (κ3) is 4.44. The highest BCUT2D eigenvalue weighted by molar-refractivity contribution is 6.36. The van der Waals surface area contributed by atoms with Gasteiger partial charge in [-0.3, -0.25) is 19.4 Å². The minimum Gasteiger partial charge on any atom is -0.454 e. The van der Waals surface area contributed by atoms with Gasteiger partial charge in [0.15, 0.2) is 11.5 Å². The SMILES string of the molecule is Cc1ccc(C2=C(Nc3ccc4c(c3)OCO4)C(=O)N(CCCN3CCOCC3)C2=O)cc1. The molecule has 0 spiro atoms. The van der Waals surface area contributed by atoms with Crippen molar-refractivity contribution in [1.29, 1.82) is 0 Å². The summed E-state index contributed by atoms with van der Waals surface area (Å²) >= 11 is 0. The van der Waals surface area contributed by atoms with E-state index in [9.17, 15) is 9.59 Å². The maximum absolute atomic E-state index is 13.4. The van der Waals surface area contributed by atoms with E-state index >= 15 is 0 Å². The molecule has 2 amide bonds. The van der Waals surface area contributed by atoms with Crippen LogP contribution in [-0.2, 0) is 14.3 Å². The summed E-state index contributed by atoms with van der Waals surface area (Å²) < 4.78 is 16.2. The van der Waals surface area contributed by atoms with Crippen LogP contribution in [0, 0.1) is 6.92 Å². The van der Waals surface area contributed by atoms with Crippen LogP contribution in [0.5, 0.6) is 11.5 Å². The first-order valence-electron chi connectivity index (χ1n) is 11.2. The molecule has 0 unspecified atom stereocenters. The summed E-state index contributed by atoms with van der Waals surface area (Å²) in [6.07, 6.45) is 0.718. The number of hydrogen-bond acceptors (Lipinski definition) is 7. The molecule has 8 heteroatoms. The summed E-state index contributed by atoms with van der Waals surface area (Å²) in [5.41, 5.74) is 3.15. The molecule has 2 aromatic rings. The lowest BCUT2D eigenvalue weighted by molar-refractivity contribution is -0.136. The smallest absolute Gasteiger partial charge is 0.278 e. The van der Waals surface area contributed by atoms with Crippen LogP contribution in [0.3, 0.4) is 0 Å². The zero-order valence-corrected chi connectivity index (χ0v) is 18.6. The number of fused-ring (bicyclic) bond motifs is 1. The Kier molecular flexibility index (Phi) is 6.02. The van der Waals surface area contributed by atoms with Crippen molar-refractivity contribution in [2.24, 2.45) is 0 Å². The molecule has 1 saturated heterocycles. The molecule has 1 fully saturated rings. The molecule has 0 aromatic heterocycles. The quantitative estimate of drug-likeness (QED) is 0.651. The second-order valence-corrected chi connectivity index (χ2v) is 8.38. The van der Waals surface area contributed by atoms with E-state index < -0.39 is 0 Å². The number of ether oxygens (including phenoxy) is 3. The lowest BCUT2D eigenvalue weighted by atomic mass is 10.0. The van der Waals surface area contributed by atoms with Gasteiger partial charge in [-0.2, -0.15) is 0 Å². The number of amides is 2. The molecule has 2 aromatic carbocycles. The number of carbonyl (C=O) groups excluding carboxylic acids is 2. The van der Waals surface area contributed by atoms with Crippen LogP contribution in [0.15, 0.2) is 48.2 Å². The van der Waals surface area contributed by atoms with Gasteiger partial charge in [-0.05, 0) is 31.0 Å². The fourth-order valence-corrected chi connectivity index (χ4v) is 4.28. The predicted molar refractivity (Wildman–Crippen MR) is 123 cm³/mol. The lowest BCUT2D eigenvalue weighted by Crippen LogP contribution is -2.39. The van der Waals surface area contributed by atoms with Gasteiger partial charge in [0.25, 0.3) is 11.8 Å². The number of nitrogens with one attached hydrogen (secondary N) is 1. The van der Waals surface area contributed by atoms with Crippen molar-refractivity contribution in [3.8, 4) is 11.5 Å². The van der Waals surface area contributed by atoms with Crippen molar-refractivity contribution in [3.63, 3.8) is 0 Å². The van der Waals surface area contributed by atoms with E-state index in [0.717, 1.165) is 50.4 Å². The summed E-state index contributed by atoms with van der Waals surface area (Å²) in [4.78, 5) is 30.4. The van der Waals surface area contributed by atoms with Crippen molar-refractivity contribution in [2.45, 2.75) is 13.3 Å². The largest absolute Gasteiger partial charge is 0.454 e. The van der Waals surface area contributed by atoms with E-state index in [1.807, 2.05) is 37.3 Å². The highest BCUT2D eigenvalue weighted by atomic mass is 16.7. The van der Waals surface area contributed by atoms with Crippen LogP contribution >= 0.6 is 0 Å². The van der Waals surface area contributed by atoms with Crippen LogP contribution < -0.4 is 14.8 Å². The third-order valence-electron chi connectivity index (χ3n) is 6.11. The number of morpholine rings is 1. The summed E-state index contributed by atoms with van der Waals surface area (Å²) in [7, 11) is 0. The third-order valence-corrected chi connectivity index (χ3v) is 6.11. The molecule has 172 valence electrons. The Labute approximate surface area is 192 Å². The average molecular weight is 450 g/mol. The number of carbonyl (C=O) groups is 2. The topological polar surface area (TPSA) is 80.3 Å². The number of benzene rings is 2. The fraction of sp³-hybridized carbons (Fsp3) is 0.360. The number of hydrogen-bond donors (Lipinski definition) is 1. The predicted octanol–water partition coefficient (Wildman–Crippen LogP) is 2.64. The van der Waals surface area contributed by atoms with Crippen molar-refractivity contribution in [1.82, 2.24) is 9.80 Å². The van der Waals surface area contributed by atoms with E-state index in [4.69, 9.17) is 14.2 Å². The Morgan fingerprint density at radius 2 is 1.67 bits per heavy atom. The number of imide groups is 1. The van der Waals surface area contributed by atoms with E-state index in [-0.39, 0.29) is 24.3 Å². The lowest BCUT2D eigenvalue weighted by Gasteiger charge is -2.27. The molecule has 0 aliphatic carbocycles.